The van der Waals surface area contributed by atoms with Crippen molar-refractivity contribution in [2.24, 2.45) is 15.9 Å². The summed E-state index contributed by atoms with van der Waals surface area (Å²) in [6.45, 7) is 0.921. The first-order chi connectivity index (χ1) is 13.0. The fourth-order valence-electron chi connectivity index (χ4n) is 3.60. The number of allylic oxidation sites excluding steroid dienone is 1. The number of imide groups is 1. The van der Waals surface area contributed by atoms with Crippen molar-refractivity contribution in [2.75, 3.05) is 13.1 Å². The summed E-state index contributed by atoms with van der Waals surface area (Å²) in [5.41, 5.74) is 0.533. The van der Waals surface area contributed by atoms with Crippen LogP contribution in [0.3, 0.4) is 0 Å². The molecular formula is C19H17ClN4O3. The number of piperidine rings is 1. The van der Waals surface area contributed by atoms with Crippen LogP contribution in [0.2, 0.25) is 5.02 Å². The SMILES string of the molecule is O=C(c1cccc(Cl)c1)N1CCC(N2C(=O)N=C3N=CC=CC3C2=O)CC1. The molecule has 1 atom stereocenters. The number of benzene rings is 1. The molecule has 4 amide bonds. The fraction of sp³-hybridized carbons (Fsp3) is 0.316. The molecule has 1 saturated heterocycles. The number of amides is 4. The topological polar surface area (TPSA) is 82.4 Å². The van der Waals surface area contributed by atoms with E-state index in [1.165, 1.54) is 11.1 Å². The van der Waals surface area contributed by atoms with Crippen LogP contribution < -0.4 is 0 Å². The minimum Gasteiger partial charge on any atom is -0.338 e. The Balaban J connectivity index is 1.45. The van der Waals surface area contributed by atoms with Gasteiger partial charge >= 0.3 is 6.03 Å². The zero-order valence-electron chi connectivity index (χ0n) is 14.4. The number of amidine groups is 1. The lowest BCUT2D eigenvalue weighted by molar-refractivity contribution is -0.131. The van der Waals surface area contributed by atoms with Gasteiger partial charge in [0.2, 0.25) is 5.91 Å². The van der Waals surface area contributed by atoms with Crippen molar-refractivity contribution >= 4 is 41.5 Å². The molecule has 138 valence electrons. The molecule has 1 unspecified atom stereocenters. The summed E-state index contributed by atoms with van der Waals surface area (Å²) < 4.78 is 0. The van der Waals surface area contributed by atoms with Gasteiger partial charge in [-0.3, -0.25) is 14.5 Å². The molecule has 0 saturated carbocycles. The predicted octanol–water partition coefficient (Wildman–Crippen LogP) is 2.56. The summed E-state index contributed by atoms with van der Waals surface area (Å²) in [6.07, 6.45) is 5.95. The minimum absolute atomic E-state index is 0.0999. The lowest BCUT2D eigenvalue weighted by Crippen LogP contribution is -2.54. The Morgan fingerprint density at radius 1 is 1.19 bits per heavy atom. The van der Waals surface area contributed by atoms with Crippen LogP contribution in [0, 0.1) is 5.92 Å². The normalized spacial score (nSPS) is 22.7. The van der Waals surface area contributed by atoms with Gasteiger partial charge in [-0.15, -0.1) is 0 Å². The smallest absolute Gasteiger partial charge is 0.338 e. The molecule has 0 radical (unpaired) electrons. The molecule has 1 aromatic rings. The number of likely N-dealkylation sites (tertiary alicyclic amines) is 1. The fourth-order valence-corrected chi connectivity index (χ4v) is 3.79. The van der Waals surface area contributed by atoms with Crippen LogP contribution >= 0.6 is 11.6 Å². The summed E-state index contributed by atoms with van der Waals surface area (Å²) in [6, 6.07) is 5.99. The van der Waals surface area contributed by atoms with E-state index in [0.29, 0.717) is 36.5 Å². The average molecular weight is 385 g/mol. The molecule has 0 aliphatic carbocycles. The number of aliphatic imine (C=N–C) groups is 2. The van der Waals surface area contributed by atoms with E-state index in [9.17, 15) is 14.4 Å². The highest BCUT2D eigenvalue weighted by Crippen LogP contribution is 2.26. The molecule has 0 spiro atoms. The number of rotatable bonds is 2. The molecule has 0 N–H and O–H groups in total. The summed E-state index contributed by atoms with van der Waals surface area (Å²) in [7, 11) is 0. The Hall–Kier alpha value is -2.80. The van der Waals surface area contributed by atoms with Crippen molar-refractivity contribution in [1.29, 1.82) is 0 Å². The van der Waals surface area contributed by atoms with Crippen LogP contribution in [0.4, 0.5) is 4.79 Å². The van der Waals surface area contributed by atoms with E-state index in [-0.39, 0.29) is 23.7 Å². The second-order valence-electron chi connectivity index (χ2n) is 6.64. The molecule has 8 heteroatoms. The van der Waals surface area contributed by atoms with Gasteiger partial charge in [-0.2, -0.15) is 4.99 Å². The molecule has 3 heterocycles. The van der Waals surface area contributed by atoms with Gasteiger partial charge in [-0.1, -0.05) is 23.7 Å². The molecule has 4 rings (SSSR count). The molecule has 1 aromatic carbocycles. The number of carbonyl (C=O) groups is 3. The number of hydrogen-bond donors (Lipinski definition) is 0. The molecule has 3 aliphatic heterocycles. The lowest BCUT2D eigenvalue weighted by Gasteiger charge is -2.39. The van der Waals surface area contributed by atoms with Gasteiger partial charge in [0.15, 0.2) is 0 Å². The van der Waals surface area contributed by atoms with E-state index in [2.05, 4.69) is 9.98 Å². The molecule has 1 fully saturated rings. The van der Waals surface area contributed by atoms with Gasteiger partial charge < -0.3 is 4.90 Å². The van der Waals surface area contributed by atoms with E-state index < -0.39 is 11.9 Å². The minimum atomic E-state index is -0.598. The van der Waals surface area contributed by atoms with Crippen molar-refractivity contribution < 1.29 is 14.4 Å². The van der Waals surface area contributed by atoms with Crippen molar-refractivity contribution in [2.45, 2.75) is 18.9 Å². The third-order valence-electron chi connectivity index (χ3n) is 4.98. The van der Waals surface area contributed by atoms with Gasteiger partial charge in [0, 0.05) is 35.9 Å². The van der Waals surface area contributed by atoms with Crippen molar-refractivity contribution in [3.8, 4) is 0 Å². The first-order valence-corrected chi connectivity index (χ1v) is 9.14. The molecule has 3 aliphatic rings. The Morgan fingerprint density at radius 2 is 1.96 bits per heavy atom. The number of hydrogen-bond acceptors (Lipinski definition) is 4. The van der Waals surface area contributed by atoms with E-state index >= 15 is 0 Å². The number of dihydropyridines is 1. The van der Waals surface area contributed by atoms with Crippen LogP contribution in [0.1, 0.15) is 23.2 Å². The number of carbonyl (C=O) groups excluding carboxylic acids is 3. The Labute approximate surface area is 161 Å². The summed E-state index contributed by atoms with van der Waals surface area (Å²) in [5.74, 6) is -0.744. The first-order valence-electron chi connectivity index (χ1n) is 8.76. The highest BCUT2D eigenvalue weighted by atomic mass is 35.5. The summed E-state index contributed by atoms with van der Waals surface area (Å²) in [4.78, 5) is 48.7. The summed E-state index contributed by atoms with van der Waals surface area (Å²) in [5, 5.41) is 0.511. The van der Waals surface area contributed by atoms with E-state index in [1.807, 2.05) is 0 Å². The number of halogens is 1. The number of fused-ring (bicyclic) bond motifs is 1. The zero-order valence-corrected chi connectivity index (χ0v) is 15.2. The van der Waals surface area contributed by atoms with Crippen LogP contribution in [0.15, 0.2) is 46.4 Å². The maximum Gasteiger partial charge on any atom is 0.352 e. The van der Waals surface area contributed by atoms with Gasteiger partial charge in [-0.05, 0) is 37.1 Å². The van der Waals surface area contributed by atoms with Gasteiger partial charge in [-0.25, -0.2) is 9.79 Å². The molecule has 0 bridgehead atoms. The maximum atomic E-state index is 12.7. The maximum absolute atomic E-state index is 12.7. The highest BCUT2D eigenvalue weighted by molar-refractivity contribution is 6.31. The third kappa shape index (κ3) is 3.30. The largest absolute Gasteiger partial charge is 0.352 e. The highest BCUT2D eigenvalue weighted by Gasteiger charge is 2.41. The number of nitrogens with zero attached hydrogens (tertiary/aromatic N) is 4. The van der Waals surface area contributed by atoms with Gasteiger partial charge in [0.05, 0.1) is 0 Å². The van der Waals surface area contributed by atoms with Crippen molar-refractivity contribution in [3.63, 3.8) is 0 Å². The van der Waals surface area contributed by atoms with Crippen molar-refractivity contribution in [3.05, 3.63) is 47.0 Å². The second-order valence-corrected chi connectivity index (χ2v) is 7.07. The predicted molar refractivity (Wildman–Crippen MR) is 101 cm³/mol. The lowest BCUT2D eigenvalue weighted by atomic mass is 9.97. The molecule has 27 heavy (non-hydrogen) atoms. The Bertz CT molecular complexity index is 900. The van der Waals surface area contributed by atoms with Crippen LogP contribution in [-0.4, -0.2) is 58.8 Å². The quantitative estimate of drug-likeness (QED) is 0.785. The van der Waals surface area contributed by atoms with Gasteiger partial charge in [0.25, 0.3) is 5.91 Å². The Kier molecular flexibility index (Phi) is 4.61. The van der Waals surface area contributed by atoms with Crippen molar-refractivity contribution in [1.82, 2.24) is 9.80 Å². The monoisotopic (exact) mass is 384 g/mol. The van der Waals surface area contributed by atoms with E-state index in [1.54, 1.807) is 41.3 Å². The molecule has 7 nitrogen and oxygen atoms in total. The van der Waals surface area contributed by atoms with Crippen LogP contribution in [-0.2, 0) is 4.79 Å². The second kappa shape index (κ2) is 7.08. The van der Waals surface area contributed by atoms with E-state index in [4.69, 9.17) is 11.6 Å². The van der Waals surface area contributed by atoms with Crippen LogP contribution in [0.25, 0.3) is 0 Å². The Morgan fingerprint density at radius 3 is 2.70 bits per heavy atom. The van der Waals surface area contributed by atoms with E-state index in [0.717, 1.165) is 0 Å². The zero-order chi connectivity index (χ0) is 19.0. The average Bonchev–Trinajstić information content (AvgIpc) is 2.68. The molecular weight excluding hydrogens is 368 g/mol. The van der Waals surface area contributed by atoms with Crippen LogP contribution in [0.5, 0.6) is 0 Å². The standard InChI is InChI=1S/C19H17ClN4O3/c20-13-4-1-3-12(11-13)17(25)23-9-6-14(7-10-23)24-18(26)15-5-2-8-21-16(15)22-19(24)27/h1-5,8,11,14-15H,6-7,9-10H2. The third-order valence-corrected chi connectivity index (χ3v) is 5.22. The first kappa shape index (κ1) is 17.6. The van der Waals surface area contributed by atoms with Gasteiger partial charge in [0.1, 0.15) is 11.8 Å². The molecule has 0 aromatic heterocycles. The number of urea groups is 1. The summed E-state index contributed by atoms with van der Waals surface area (Å²) >= 11 is 5.96.